The van der Waals surface area contributed by atoms with E-state index in [1.165, 1.54) is 31.2 Å². The highest BCUT2D eigenvalue weighted by molar-refractivity contribution is 8.26. The number of rotatable bonds is 3. The molecule has 1 saturated heterocycles. The van der Waals surface area contributed by atoms with Crippen LogP contribution < -0.4 is 5.32 Å². The van der Waals surface area contributed by atoms with Crippen molar-refractivity contribution in [3.63, 3.8) is 0 Å². The number of carbonyl (C=O) groups is 1. The molecular weight excluding hydrogens is 366 g/mol. The number of hydrogen-bond donors (Lipinski definition) is 4. The number of halogens is 2. The number of fused-ring (bicyclic) bond motifs is 2. The van der Waals surface area contributed by atoms with Crippen LogP contribution in [0.1, 0.15) is 30.9 Å². The fourth-order valence-electron chi connectivity index (χ4n) is 3.96. The maximum atomic E-state index is 14.6. The molecule has 0 saturated carbocycles. The van der Waals surface area contributed by atoms with E-state index in [1.807, 2.05) is 5.32 Å². The minimum atomic E-state index is -3.65. The third-order valence-electron chi connectivity index (χ3n) is 5.40. The van der Waals surface area contributed by atoms with E-state index in [1.54, 1.807) is 0 Å². The molecular formula is C17H20F2N2O4S. The summed E-state index contributed by atoms with van der Waals surface area (Å²) in [5.41, 5.74) is -0.782. The Labute approximate surface area is 151 Å². The lowest BCUT2D eigenvalue weighted by Crippen LogP contribution is -2.58. The van der Waals surface area contributed by atoms with Crippen molar-refractivity contribution < 1.29 is 27.8 Å². The Balaban J connectivity index is 2.28. The number of aliphatic imine (C=N–C) groups is 1. The highest BCUT2D eigenvalue weighted by Crippen LogP contribution is 2.72. The number of amides is 1. The summed E-state index contributed by atoms with van der Waals surface area (Å²) in [7, 11) is -3.65. The molecule has 2 bridgehead atoms. The van der Waals surface area contributed by atoms with Gasteiger partial charge >= 0.3 is 6.09 Å². The predicted octanol–water partition coefficient (Wildman–Crippen LogP) is 3.98. The third-order valence-corrected chi connectivity index (χ3v) is 8.54. The number of benzene rings is 1. The van der Waals surface area contributed by atoms with Gasteiger partial charge in [-0.1, -0.05) is 18.7 Å². The first-order chi connectivity index (χ1) is 12.1. The highest BCUT2D eigenvalue weighted by Gasteiger charge is 2.66. The smallest absolute Gasteiger partial charge is 0.410 e. The maximum Gasteiger partial charge on any atom is 0.410 e. The topological polar surface area (TPSA) is 102 Å². The van der Waals surface area contributed by atoms with E-state index in [2.05, 4.69) is 11.6 Å². The molecule has 0 aromatic heterocycles. The molecule has 3 rings (SSSR count). The maximum absolute atomic E-state index is 14.6. The fourth-order valence-corrected chi connectivity index (χ4v) is 6.73. The molecule has 26 heavy (non-hydrogen) atoms. The molecule has 4 N–H and O–H groups in total. The molecule has 2 aliphatic heterocycles. The van der Waals surface area contributed by atoms with Crippen LogP contribution in [0.4, 0.5) is 13.6 Å². The van der Waals surface area contributed by atoms with Crippen molar-refractivity contribution in [2.24, 2.45) is 4.99 Å². The molecule has 1 aromatic rings. The summed E-state index contributed by atoms with van der Waals surface area (Å²) in [6.45, 7) is 3.97. The number of carboxylic acid groups (broad SMARTS) is 1. The zero-order valence-corrected chi connectivity index (χ0v) is 14.9. The predicted molar refractivity (Wildman–Crippen MR) is 97.0 cm³/mol. The number of nitrogens with zero attached hydrogens (tertiary/aromatic N) is 1. The highest BCUT2D eigenvalue weighted by atomic mass is 32.3. The van der Waals surface area contributed by atoms with E-state index >= 15 is 0 Å². The van der Waals surface area contributed by atoms with E-state index in [0.29, 0.717) is 5.56 Å². The molecule has 1 fully saturated rings. The Morgan fingerprint density at radius 1 is 1.54 bits per heavy atom. The van der Waals surface area contributed by atoms with E-state index in [-0.39, 0.29) is 24.2 Å². The Hall–Kier alpha value is -1.97. The van der Waals surface area contributed by atoms with Gasteiger partial charge in [-0.05, 0) is 37.5 Å². The van der Waals surface area contributed by atoms with Crippen LogP contribution in [-0.4, -0.2) is 42.8 Å². The molecule has 1 amide bonds. The first-order valence-corrected chi connectivity index (χ1v) is 9.59. The van der Waals surface area contributed by atoms with Crippen LogP contribution in [0.5, 0.6) is 0 Å². The van der Waals surface area contributed by atoms with Gasteiger partial charge in [0.2, 0.25) is 0 Å². The fraction of sp³-hybridized carbons (Fsp3) is 0.412. The minimum Gasteiger partial charge on any atom is -0.465 e. The van der Waals surface area contributed by atoms with Crippen LogP contribution in [-0.2, 0) is 5.54 Å². The zero-order chi connectivity index (χ0) is 19.3. The van der Waals surface area contributed by atoms with Crippen LogP contribution >= 0.6 is 10.6 Å². The first-order valence-electron chi connectivity index (χ1n) is 7.98. The molecule has 9 heteroatoms. The van der Waals surface area contributed by atoms with Gasteiger partial charge < -0.3 is 5.11 Å². The molecule has 0 unspecified atom stereocenters. The van der Waals surface area contributed by atoms with Gasteiger partial charge in [0.05, 0.1) is 5.25 Å². The quantitative estimate of drug-likeness (QED) is 0.631. The summed E-state index contributed by atoms with van der Waals surface area (Å²) in [5, 5.41) is 10.2. The summed E-state index contributed by atoms with van der Waals surface area (Å²) in [5.74, 6) is -0.987. The lowest BCUT2D eigenvalue weighted by molar-refractivity contribution is 0.199. The average Bonchev–Trinajstić information content (AvgIpc) is 2.77. The molecule has 2 aliphatic rings. The molecule has 6 nitrogen and oxygen atoms in total. The summed E-state index contributed by atoms with van der Waals surface area (Å²) >= 11 is 0. The van der Waals surface area contributed by atoms with Crippen molar-refractivity contribution in [2.75, 3.05) is 6.67 Å². The first kappa shape index (κ1) is 18.8. The second-order valence-electron chi connectivity index (χ2n) is 6.73. The van der Waals surface area contributed by atoms with Crippen molar-refractivity contribution in [1.82, 2.24) is 5.32 Å². The average molecular weight is 386 g/mol. The Morgan fingerprint density at radius 3 is 2.81 bits per heavy atom. The molecule has 3 atom stereocenters. The standard InChI is InChI=1S/C17H20F2N2O4S/c1-3-10-4-5-12(19)11(8-10)16(2)13-6-7-17(9-18,26(13,24)25)14(21-16)20-15(22)23/h3-5,8,13,24-25H,1,6-7,9H2,2H3,(H,20,21)(H,22,23)/t13-,16+,17-/m0/s1. The van der Waals surface area contributed by atoms with Crippen LogP contribution in [0.3, 0.4) is 0 Å². The molecule has 1 aromatic carbocycles. The molecule has 0 spiro atoms. The van der Waals surface area contributed by atoms with Gasteiger partial charge in [-0.15, -0.1) is 0 Å². The van der Waals surface area contributed by atoms with Gasteiger partial charge in [-0.2, -0.15) is 10.6 Å². The number of nitrogens with one attached hydrogen (secondary N) is 1. The van der Waals surface area contributed by atoms with Crippen LogP contribution in [0.25, 0.3) is 6.08 Å². The summed E-state index contributed by atoms with van der Waals surface area (Å²) in [6, 6.07) is 4.21. The zero-order valence-electron chi connectivity index (χ0n) is 14.1. The second-order valence-corrected chi connectivity index (χ2v) is 9.27. The minimum absolute atomic E-state index is 0.00791. The Bertz CT molecular complexity index is 816. The van der Waals surface area contributed by atoms with Crippen molar-refractivity contribution >= 4 is 28.6 Å². The van der Waals surface area contributed by atoms with Crippen LogP contribution in [0, 0.1) is 5.82 Å². The monoisotopic (exact) mass is 386 g/mol. The summed E-state index contributed by atoms with van der Waals surface area (Å²) in [4.78, 5) is 15.5. The second kappa shape index (κ2) is 6.04. The van der Waals surface area contributed by atoms with Crippen molar-refractivity contribution in [3.05, 3.63) is 41.7 Å². The van der Waals surface area contributed by atoms with Crippen molar-refractivity contribution in [3.8, 4) is 0 Å². The van der Waals surface area contributed by atoms with Gasteiger partial charge in [0.1, 0.15) is 28.6 Å². The van der Waals surface area contributed by atoms with E-state index in [0.717, 1.165) is 0 Å². The molecule has 0 aliphatic carbocycles. The SMILES string of the molecule is C=Cc1ccc(F)c([C@@]2(C)N=C(NC(=O)O)[C@@]3(CF)CC[C@@H]2S3(O)O)c1. The third kappa shape index (κ3) is 2.38. The van der Waals surface area contributed by atoms with E-state index in [4.69, 9.17) is 5.11 Å². The molecule has 142 valence electrons. The lowest BCUT2D eigenvalue weighted by atomic mass is 9.86. The molecule has 2 heterocycles. The van der Waals surface area contributed by atoms with Crippen molar-refractivity contribution in [1.29, 1.82) is 0 Å². The largest absolute Gasteiger partial charge is 0.465 e. The Kier molecular flexibility index (Phi) is 4.37. The van der Waals surface area contributed by atoms with Gasteiger partial charge in [0.15, 0.2) is 0 Å². The van der Waals surface area contributed by atoms with Gasteiger partial charge in [0.25, 0.3) is 0 Å². The summed E-state index contributed by atoms with van der Waals surface area (Å²) < 4.78 is 48.4. The normalized spacial score (nSPS) is 33.3. The van der Waals surface area contributed by atoms with Crippen LogP contribution in [0.2, 0.25) is 0 Å². The number of hydrogen-bond acceptors (Lipinski definition) is 4. The van der Waals surface area contributed by atoms with Crippen LogP contribution in [0.15, 0.2) is 29.8 Å². The number of amidine groups is 1. The lowest BCUT2D eigenvalue weighted by Gasteiger charge is -2.55. The van der Waals surface area contributed by atoms with Gasteiger partial charge in [-0.25, -0.2) is 13.6 Å². The Morgan fingerprint density at radius 2 is 2.23 bits per heavy atom. The van der Waals surface area contributed by atoms with E-state index < -0.39 is 44.7 Å². The van der Waals surface area contributed by atoms with Crippen molar-refractivity contribution in [2.45, 2.75) is 35.3 Å². The van der Waals surface area contributed by atoms with Gasteiger partial charge in [0, 0.05) is 5.56 Å². The molecule has 0 radical (unpaired) electrons. The summed E-state index contributed by atoms with van der Waals surface area (Å²) in [6.07, 6.45) is 0.191. The van der Waals surface area contributed by atoms with E-state index in [9.17, 15) is 22.7 Å². The van der Waals surface area contributed by atoms with Gasteiger partial charge in [-0.3, -0.25) is 19.4 Å². The number of alkyl halides is 1.